The fourth-order valence-corrected chi connectivity index (χ4v) is 1.86. The summed E-state index contributed by atoms with van der Waals surface area (Å²) in [6.45, 7) is 0. The van der Waals surface area contributed by atoms with E-state index in [0.29, 0.717) is 5.75 Å². The Kier molecular flexibility index (Phi) is 2.61. The van der Waals surface area contributed by atoms with Crippen molar-refractivity contribution in [1.82, 2.24) is 10.2 Å². The van der Waals surface area contributed by atoms with Gasteiger partial charge in [0.15, 0.2) is 0 Å². The van der Waals surface area contributed by atoms with Gasteiger partial charge < -0.3 is 0 Å². The molecule has 0 aliphatic carbocycles. The Bertz CT molecular complexity index is 485. The molecule has 1 heterocycles. The second-order valence-corrected chi connectivity index (χ2v) is 3.65. The predicted molar refractivity (Wildman–Crippen MR) is 55.9 cm³/mol. The van der Waals surface area contributed by atoms with E-state index in [9.17, 15) is 0 Å². The number of thioether (sulfide) groups is 1. The first-order valence-corrected chi connectivity index (χ1v) is 5.10. The van der Waals surface area contributed by atoms with E-state index in [4.69, 9.17) is 5.26 Å². The number of fused-ring (bicyclic) bond motifs is 1. The first-order chi connectivity index (χ1) is 6.92. The SMILES string of the molecule is N#CCSc1nncc2ccccc12. The molecule has 2 aromatic rings. The summed E-state index contributed by atoms with van der Waals surface area (Å²) < 4.78 is 0. The fourth-order valence-electron chi connectivity index (χ4n) is 1.21. The molecule has 0 radical (unpaired) electrons. The predicted octanol–water partition coefficient (Wildman–Crippen LogP) is 2.25. The maximum atomic E-state index is 8.48. The van der Waals surface area contributed by atoms with Gasteiger partial charge in [-0.2, -0.15) is 10.4 Å². The minimum atomic E-state index is 0.405. The van der Waals surface area contributed by atoms with Gasteiger partial charge in [0.1, 0.15) is 5.03 Å². The molecule has 0 spiro atoms. The highest BCUT2D eigenvalue weighted by Gasteiger charge is 2.02. The van der Waals surface area contributed by atoms with Crippen LogP contribution in [0.4, 0.5) is 0 Å². The second kappa shape index (κ2) is 4.07. The van der Waals surface area contributed by atoms with Gasteiger partial charge in [-0.1, -0.05) is 36.0 Å². The van der Waals surface area contributed by atoms with Gasteiger partial charge >= 0.3 is 0 Å². The van der Waals surface area contributed by atoms with Crippen molar-refractivity contribution in [3.63, 3.8) is 0 Å². The van der Waals surface area contributed by atoms with Crippen LogP contribution in [0.2, 0.25) is 0 Å². The summed E-state index contributed by atoms with van der Waals surface area (Å²) in [6.07, 6.45) is 1.73. The van der Waals surface area contributed by atoms with Gasteiger partial charge in [-0.05, 0) is 0 Å². The van der Waals surface area contributed by atoms with Crippen LogP contribution >= 0.6 is 11.8 Å². The molecule has 0 unspecified atom stereocenters. The van der Waals surface area contributed by atoms with Crippen LogP contribution in [-0.2, 0) is 0 Å². The molecule has 0 saturated heterocycles. The molecule has 0 aliphatic heterocycles. The molecule has 4 heteroatoms. The fraction of sp³-hybridized carbons (Fsp3) is 0.100. The van der Waals surface area contributed by atoms with Crippen LogP contribution in [0.5, 0.6) is 0 Å². The molecule has 14 heavy (non-hydrogen) atoms. The normalized spacial score (nSPS) is 9.93. The lowest BCUT2D eigenvalue weighted by Crippen LogP contribution is -1.87. The van der Waals surface area contributed by atoms with E-state index in [2.05, 4.69) is 16.3 Å². The zero-order valence-corrected chi connectivity index (χ0v) is 8.16. The number of nitrogens with zero attached hydrogens (tertiary/aromatic N) is 3. The number of aromatic nitrogens is 2. The zero-order valence-electron chi connectivity index (χ0n) is 7.34. The quantitative estimate of drug-likeness (QED) is 0.699. The molecule has 2 rings (SSSR count). The first-order valence-electron chi connectivity index (χ1n) is 4.12. The molecule has 1 aromatic heterocycles. The average molecular weight is 201 g/mol. The highest BCUT2D eigenvalue weighted by atomic mass is 32.2. The number of benzene rings is 1. The van der Waals surface area contributed by atoms with Crippen LogP contribution in [-0.4, -0.2) is 16.0 Å². The van der Waals surface area contributed by atoms with Crippen LogP contribution in [0.3, 0.4) is 0 Å². The third kappa shape index (κ3) is 1.68. The maximum Gasteiger partial charge on any atom is 0.128 e. The van der Waals surface area contributed by atoms with Crippen LogP contribution < -0.4 is 0 Å². The van der Waals surface area contributed by atoms with Gasteiger partial charge in [0.05, 0.1) is 18.0 Å². The Morgan fingerprint density at radius 3 is 3.07 bits per heavy atom. The first kappa shape index (κ1) is 8.97. The molecule has 1 aromatic carbocycles. The molecular weight excluding hydrogens is 194 g/mol. The highest BCUT2D eigenvalue weighted by molar-refractivity contribution is 7.99. The molecule has 68 valence electrons. The van der Waals surface area contributed by atoms with Gasteiger partial charge in [-0.3, -0.25) is 0 Å². The van der Waals surface area contributed by atoms with Crippen molar-refractivity contribution in [2.24, 2.45) is 0 Å². The van der Waals surface area contributed by atoms with E-state index in [1.165, 1.54) is 11.8 Å². The van der Waals surface area contributed by atoms with Gasteiger partial charge in [-0.25, -0.2) is 0 Å². The van der Waals surface area contributed by atoms with Gasteiger partial charge in [0.25, 0.3) is 0 Å². The van der Waals surface area contributed by atoms with Crippen LogP contribution in [0.1, 0.15) is 0 Å². The molecule has 0 saturated carbocycles. The number of hydrogen-bond acceptors (Lipinski definition) is 4. The number of rotatable bonds is 2. The molecule has 0 aliphatic rings. The monoisotopic (exact) mass is 201 g/mol. The Labute approximate surface area is 85.8 Å². The topological polar surface area (TPSA) is 49.6 Å². The van der Waals surface area contributed by atoms with E-state index >= 15 is 0 Å². The minimum Gasteiger partial charge on any atom is -0.197 e. The molecule has 0 fully saturated rings. The van der Waals surface area contributed by atoms with E-state index in [0.717, 1.165) is 15.8 Å². The van der Waals surface area contributed by atoms with Gasteiger partial charge in [0, 0.05) is 10.8 Å². The Hall–Kier alpha value is -1.60. The summed E-state index contributed by atoms with van der Waals surface area (Å²) >= 11 is 1.42. The van der Waals surface area contributed by atoms with E-state index in [1.807, 2.05) is 24.3 Å². The largest absolute Gasteiger partial charge is 0.197 e. The van der Waals surface area contributed by atoms with Gasteiger partial charge in [0.2, 0.25) is 0 Å². The van der Waals surface area contributed by atoms with Crippen LogP contribution in [0.15, 0.2) is 35.5 Å². The molecule has 0 N–H and O–H groups in total. The van der Waals surface area contributed by atoms with Gasteiger partial charge in [-0.15, -0.1) is 5.10 Å². The summed E-state index contributed by atoms with van der Waals surface area (Å²) in [7, 11) is 0. The Morgan fingerprint density at radius 2 is 2.21 bits per heavy atom. The molecule has 3 nitrogen and oxygen atoms in total. The van der Waals surface area contributed by atoms with Crippen LogP contribution in [0.25, 0.3) is 10.8 Å². The minimum absolute atomic E-state index is 0.405. The molecule has 0 amide bonds. The molecule has 0 bridgehead atoms. The summed E-state index contributed by atoms with van der Waals surface area (Å²) in [5.74, 6) is 0.405. The molecule has 0 atom stereocenters. The van der Waals surface area contributed by atoms with Crippen molar-refractivity contribution in [1.29, 1.82) is 5.26 Å². The van der Waals surface area contributed by atoms with Crippen LogP contribution in [0, 0.1) is 11.3 Å². The summed E-state index contributed by atoms with van der Waals surface area (Å²) in [4.78, 5) is 0. The Morgan fingerprint density at radius 1 is 1.36 bits per heavy atom. The summed E-state index contributed by atoms with van der Waals surface area (Å²) in [6, 6.07) is 9.97. The van der Waals surface area contributed by atoms with E-state index < -0.39 is 0 Å². The lowest BCUT2D eigenvalue weighted by atomic mass is 10.2. The lowest BCUT2D eigenvalue weighted by molar-refractivity contribution is 0.957. The lowest BCUT2D eigenvalue weighted by Gasteiger charge is -2.00. The standard InChI is InChI=1S/C10H7N3S/c11-5-6-14-10-9-4-2-1-3-8(9)7-12-13-10/h1-4,7H,6H2. The van der Waals surface area contributed by atoms with E-state index in [1.54, 1.807) is 6.20 Å². The third-order valence-corrected chi connectivity index (χ3v) is 2.66. The highest BCUT2D eigenvalue weighted by Crippen LogP contribution is 2.23. The van der Waals surface area contributed by atoms with Crippen molar-refractivity contribution in [2.75, 3.05) is 5.75 Å². The smallest absolute Gasteiger partial charge is 0.128 e. The van der Waals surface area contributed by atoms with E-state index in [-0.39, 0.29) is 0 Å². The van der Waals surface area contributed by atoms with Crippen molar-refractivity contribution in [3.8, 4) is 6.07 Å². The summed E-state index contributed by atoms with van der Waals surface area (Å²) in [5.41, 5.74) is 0. The van der Waals surface area contributed by atoms with Crippen molar-refractivity contribution in [3.05, 3.63) is 30.5 Å². The second-order valence-electron chi connectivity index (χ2n) is 2.68. The number of hydrogen-bond donors (Lipinski definition) is 0. The number of nitriles is 1. The van der Waals surface area contributed by atoms with Crippen molar-refractivity contribution < 1.29 is 0 Å². The maximum absolute atomic E-state index is 8.48. The van der Waals surface area contributed by atoms with Crippen molar-refractivity contribution in [2.45, 2.75) is 5.03 Å². The average Bonchev–Trinajstić information content (AvgIpc) is 2.26. The Balaban J connectivity index is 2.49. The summed E-state index contributed by atoms with van der Waals surface area (Å²) in [5, 5.41) is 19.3. The molecular formula is C10H7N3S. The zero-order chi connectivity index (χ0) is 9.80. The van der Waals surface area contributed by atoms with Crippen molar-refractivity contribution >= 4 is 22.5 Å². The third-order valence-electron chi connectivity index (χ3n) is 1.81.